The van der Waals surface area contributed by atoms with E-state index in [0.717, 1.165) is 25.9 Å². The summed E-state index contributed by atoms with van der Waals surface area (Å²) in [5.41, 5.74) is 1.31. The van der Waals surface area contributed by atoms with Gasteiger partial charge in [-0.1, -0.05) is 0 Å². The van der Waals surface area contributed by atoms with Crippen LogP contribution in [-0.2, 0) is 13.6 Å². The van der Waals surface area contributed by atoms with Gasteiger partial charge in [-0.05, 0) is 37.9 Å². The molecule has 3 nitrogen and oxygen atoms in total. The maximum atomic E-state index is 9.04. The highest BCUT2D eigenvalue weighted by Gasteiger charge is 1.96. The molecule has 0 fully saturated rings. The molecule has 1 aromatic rings. The van der Waals surface area contributed by atoms with E-state index in [1.54, 1.807) is 0 Å². The first kappa shape index (κ1) is 11.3. The van der Waals surface area contributed by atoms with E-state index in [9.17, 15) is 0 Å². The fourth-order valence-electron chi connectivity index (χ4n) is 1.42. The van der Waals surface area contributed by atoms with Crippen LogP contribution >= 0.6 is 0 Å². The first-order chi connectivity index (χ1) is 6.68. The molecule has 0 radical (unpaired) electrons. The van der Waals surface area contributed by atoms with Gasteiger partial charge in [0.25, 0.3) is 0 Å². The van der Waals surface area contributed by atoms with Crippen molar-refractivity contribution < 1.29 is 5.11 Å². The summed E-state index contributed by atoms with van der Waals surface area (Å²) in [4.78, 5) is 0. The average Bonchev–Trinajstić information content (AvgIpc) is 2.50. The van der Waals surface area contributed by atoms with E-state index in [2.05, 4.69) is 17.6 Å². The molecule has 1 atom stereocenters. The van der Waals surface area contributed by atoms with Crippen LogP contribution in [0.25, 0.3) is 0 Å². The summed E-state index contributed by atoms with van der Waals surface area (Å²) < 4.78 is 2.05. The predicted octanol–water partition coefficient (Wildman–Crippen LogP) is 1.28. The largest absolute Gasteiger partial charge is 0.393 e. The van der Waals surface area contributed by atoms with Crippen LogP contribution < -0.4 is 5.32 Å². The molecule has 0 saturated carbocycles. The molecule has 1 rings (SSSR count). The zero-order chi connectivity index (χ0) is 10.4. The molecule has 14 heavy (non-hydrogen) atoms. The summed E-state index contributed by atoms with van der Waals surface area (Å²) in [7, 11) is 2.02. The zero-order valence-corrected chi connectivity index (χ0v) is 9.03. The minimum atomic E-state index is -0.173. The minimum absolute atomic E-state index is 0.173. The van der Waals surface area contributed by atoms with Crippen molar-refractivity contribution in [1.29, 1.82) is 0 Å². The molecule has 80 valence electrons. The van der Waals surface area contributed by atoms with E-state index in [1.807, 2.05) is 24.7 Å². The molecule has 0 aliphatic heterocycles. The van der Waals surface area contributed by atoms with Crippen LogP contribution in [0.3, 0.4) is 0 Å². The monoisotopic (exact) mass is 196 g/mol. The number of aryl methyl sites for hydroxylation is 1. The Hall–Kier alpha value is -0.800. The topological polar surface area (TPSA) is 37.2 Å². The molecule has 1 unspecified atom stereocenters. The lowest BCUT2D eigenvalue weighted by Crippen LogP contribution is -2.15. The van der Waals surface area contributed by atoms with Gasteiger partial charge < -0.3 is 15.0 Å². The lowest BCUT2D eigenvalue weighted by molar-refractivity contribution is 0.181. The number of nitrogens with one attached hydrogen (secondary N) is 1. The fourth-order valence-corrected chi connectivity index (χ4v) is 1.42. The lowest BCUT2D eigenvalue weighted by Gasteiger charge is -2.04. The van der Waals surface area contributed by atoms with Crippen molar-refractivity contribution in [1.82, 2.24) is 9.88 Å². The van der Waals surface area contributed by atoms with Gasteiger partial charge >= 0.3 is 0 Å². The zero-order valence-electron chi connectivity index (χ0n) is 9.03. The van der Waals surface area contributed by atoms with Gasteiger partial charge in [-0.3, -0.25) is 0 Å². The van der Waals surface area contributed by atoms with Crippen LogP contribution in [0.15, 0.2) is 18.5 Å². The molecule has 3 heteroatoms. The van der Waals surface area contributed by atoms with Gasteiger partial charge in [-0.25, -0.2) is 0 Å². The van der Waals surface area contributed by atoms with Gasteiger partial charge in [0, 0.05) is 26.0 Å². The average molecular weight is 196 g/mol. The Balaban J connectivity index is 2.04. The molecule has 0 saturated heterocycles. The standard InChI is InChI=1S/C11H20N2O/c1-10(14)4-3-6-12-8-11-5-7-13(2)9-11/h5,7,9-10,12,14H,3-4,6,8H2,1-2H3. The second-order valence-corrected chi connectivity index (χ2v) is 3.85. The number of aromatic nitrogens is 1. The molecule has 0 aliphatic carbocycles. The Morgan fingerprint density at radius 2 is 2.36 bits per heavy atom. The van der Waals surface area contributed by atoms with Crippen LogP contribution in [0.1, 0.15) is 25.3 Å². The summed E-state index contributed by atoms with van der Waals surface area (Å²) >= 11 is 0. The van der Waals surface area contributed by atoms with E-state index in [4.69, 9.17) is 5.11 Å². The van der Waals surface area contributed by atoms with Gasteiger partial charge in [0.1, 0.15) is 0 Å². The lowest BCUT2D eigenvalue weighted by atomic mass is 10.2. The number of hydrogen-bond acceptors (Lipinski definition) is 2. The Morgan fingerprint density at radius 3 is 2.93 bits per heavy atom. The van der Waals surface area contributed by atoms with Crippen molar-refractivity contribution in [3.8, 4) is 0 Å². The molecular weight excluding hydrogens is 176 g/mol. The van der Waals surface area contributed by atoms with Gasteiger partial charge in [0.15, 0.2) is 0 Å². The van der Waals surface area contributed by atoms with Crippen LogP contribution in [-0.4, -0.2) is 22.3 Å². The molecule has 1 heterocycles. The van der Waals surface area contributed by atoms with E-state index >= 15 is 0 Å². The van der Waals surface area contributed by atoms with E-state index in [1.165, 1.54) is 5.56 Å². The van der Waals surface area contributed by atoms with Crippen LogP contribution in [0.4, 0.5) is 0 Å². The maximum absolute atomic E-state index is 9.04. The van der Waals surface area contributed by atoms with E-state index in [-0.39, 0.29) is 6.10 Å². The maximum Gasteiger partial charge on any atom is 0.0512 e. The molecule has 0 aromatic carbocycles. The van der Waals surface area contributed by atoms with Gasteiger partial charge in [0.2, 0.25) is 0 Å². The third-order valence-corrected chi connectivity index (χ3v) is 2.20. The number of rotatable bonds is 6. The summed E-state index contributed by atoms with van der Waals surface area (Å²) in [5, 5.41) is 12.4. The first-order valence-electron chi connectivity index (χ1n) is 5.18. The normalized spacial score (nSPS) is 13.1. The SMILES string of the molecule is CC(O)CCCNCc1ccn(C)c1. The highest BCUT2D eigenvalue weighted by molar-refractivity contribution is 5.09. The Bertz CT molecular complexity index is 256. The van der Waals surface area contributed by atoms with Gasteiger partial charge in [-0.2, -0.15) is 0 Å². The molecule has 2 N–H and O–H groups in total. The van der Waals surface area contributed by atoms with Crippen LogP contribution in [0.5, 0.6) is 0 Å². The molecule has 0 bridgehead atoms. The predicted molar refractivity (Wildman–Crippen MR) is 58.0 cm³/mol. The first-order valence-corrected chi connectivity index (χ1v) is 5.18. The molecule has 0 amide bonds. The number of aliphatic hydroxyl groups is 1. The quantitative estimate of drug-likeness (QED) is 0.672. The van der Waals surface area contributed by atoms with E-state index in [0.29, 0.717) is 0 Å². The smallest absolute Gasteiger partial charge is 0.0512 e. The third kappa shape index (κ3) is 4.44. The van der Waals surface area contributed by atoms with E-state index < -0.39 is 0 Å². The number of nitrogens with zero attached hydrogens (tertiary/aromatic N) is 1. The summed E-state index contributed by atoms with van der Waals surface area (Å²) in [6.07, 6.45) is 5.90. The second kappa shape index (κ2) is 5.83. The third-order valence-electron chi connectivity index (χ3n) is 2.20. The van der Waals surface area contributed by atoms with Crippen molar-refractivity contribution in [2.75, 3.05) is 6.54 Å². The van der Waals surface area contributed by atoms with Crippen molar-refractivity contribution in [2.24, 2.45) is 7.05 Å². The fraction of sp³-hybridized carbons (Fsp3) is 0.636. The van der Waals surface area contributed by atoms with Gasteiger partial charge in [0.05, 0.1) is 6.10 Å². The summed E-state index contributed by atoms with van der Waals surface area (Å²) in [6, 6.07) is 2.11. The highest BCUT2D eigenvalue weighted by atomic mass is 16.3. The molecule has 1 aromatic heterocycles. The van der Waals surface area contributed by atoms with Crippen LogP contribution in [0.2, 0.25) is 0 Å². The minimum Gasteiger partial charge on any atom is -0.393 e. The highest BCUT2D eigenvalue weighted by Crippen LogP contribution is 1.99. The second-order valence-electron chi connectivity index (χ2n) is 3.85. The van der Waals surface area contributed by atoms with Crippen molar-refractivity contribution in [3.05, 3.63) is 24.0 Å². The molecule has 0 spiro atoms. The van der Waals surface area contributed by atoms with Gasteiger partial charge in [-0.15, -0.1) is 0 Å². The summed E-state index contributed by atoms with van der Waals surface area (Å²) in [6.45, 7) is 3.72. The molecule has 0 aliphatic rings. The molecular formula is C11H20N2O. The van der Waals surface area contributed by atoms with Crippen molar-refractivity contribution in [2.45, 2.75) is 32.4 Å². The van der Waals surface area contributed by atoms with Crippen molar-refractivity contribution in [3.63, 3.8) is 0 Å². The Labute approximate surface area is 85.7 Å². The Kier molecular flexibility index (Phi) is 4.70. The number of aliphatic hydroxyl groups excluding tert-OH is 1. The Morgan fingerprint density at radius 1 is 1.57 bits per heavy atom. The summed E-state index contributed by atoms with van der Waals surface area (Å²) in [5.74, 6) is 0. The number of hydrogen-bond donors (Lipinski definition) is 2. The van der Waals surface area contributed by atoms with Crippen molar-refractivity contribution >= 4 is 0 Å². The van der Waals surface area contributed by atoms with Crippen LogP contribution in [0, 0.1) is 0 Å².